The van der Waals surface area contributed by atoms with Crippen LogP contribution in [0.3, 0.4) is 0 Å². The van der Waals surface area contributed by atoms with Crippen LogP contribution in [0.15, 0.2) is 36.7 Å². The maximum atomic E-state index is 12.8. The van der Waals surface area contributed by atoms with Crippen LogP contribution in [0, 0.1) is 12.8 Å². The lowest BCUT2D eigenvalue weighted by Gasteiger charge is -2.26. The number of rotatable bonds is 5. The minimum absolute atomic E-state index is 0.167. The van der Waals surface area contributed by atoms with Gasteiger partial charge in [0.1, 0.15) is 23.2 Å². The molecule has 1 aliphatic rings. The number of hydrogen-bond donors (Lipinski definition) is 2. The average Bonchev–Trinajstić information content (AvgIpc) is 3.37. The summed E-state index contributed by atoms with van der Waals surface area (Å²) in [5, 5.41) is 17.3. The highest BCUT2D eigenvalue weighted by molar-refractivity contribution is 6.02. The molecule has 1 aliphatic heterocycles. The Morgan fingerprint density at radius 2 is 2.06 bits per heavy atom. The van der Waals surface area contributed by atoms with Gasteiger partial charge in [0.25, 0.3) is 5.91 Å². The van der Waals surface area contributed by atoms with Gasteiger partial charge in [-0.3, -0.25) is 9.48 Å². The third-order valence-corrected chi connectivity index (χ3v) is 5.56. The highest BCUT2D eigenvalue weighted by Gasteiger charge is 2.34. The highest BCUT2D eigenvalue weighted by Crippen LogP contribution is 2.30. The lowest BCUT2D eigenvalue weighted by atomic mass is 9.90. The zero-order valence-corrected chi connectivity index (χ0v) is 18.2. The number of pyridine rings is 1. The van der Waals surface area contributed by atoms with Gasteiger partial charge in [-0.2, -0.15) is 5.10 Å². The molecular formula is C22H27N7O2. The van der Waals surface area contributed by atoms with E-state index >= 15 is 0 Å². The van der Waals surface area contributed by atoms with E-state index in [4.69, 9.17) is 0 Å². The fraction of sp³-hybridized carbons (Fsp3) is 0.409. The molecule has 9 nitrogen and oxygen atoms in total. The summed E-state index contributed by atoms with van der Waals surface area (Å²) >= 11 is 0. The molecule has 0 aromatic carbocycles. The second-order valence-corrected chi connectivity index (χ2v) is 8.51. The topological polar surface area (TPSA) is 109 Å². The van der Waals surface area contributed by atoms with Crippen molar-refractivity contribution in [1.29, 1.82) is 0 Å². The van der Waals surface area contributed by atoms with Crippen LogP contribution in [0.4, 0.5) is 11.6 Å². The summed E-state index contributed by atoms with van der Waals surface area (Å²) in [5.41, 5.74) is 1.07. The molecule has 3 aromatic heterocycles. The van der Waals surface area contributed by atoms with Gasteiger partial charge in [0.2, 0.25) is 0 Å². The quantitative estimate of drug-likeness (QED) is 0.651. The SMILES string of the molecule is Cc1nc(NC(=O)c2cccc(-c3cnn(C)c3)n2)cc(N2CC[C@@H](C(C)(C)O)C2)n1. The van der Waals surface area contributed by atoms with Crippen molar-refractivity contribution in [2.75, 3.05) is 23.3 Å². The molecule has 0 saturated carbocycles. The summed E-state index contributed by atoms with van der Waals surface area (Å²) in [5.74, 6) is 1.56. The van der Waals surface area contributed by atoms with Crippen molar-refractivity contribution in [1.82, 2.24) is 24.7 Å². The Kier molecular flexibility index (Phi) is 5.45. The number of carbonyl (C=O) groups is 1. The maximum absolute atomic E-state index is 12.8. The van der Waals surface area contributed by atoms with Gasteiger partial charge in [-0.25, -0.2) is 15.0 Å². The molecule has 1 amide bonds. The summed E-state index contributed by atoms with van der Waals surface area (Å²) in [4.78, 5) is 28.3. The molecule has 0 unspecified atom stereocenters. The Labute approximate surface area is 181 Å². The van der Waals surface area contributed by atoms with Crippen molar-refractivity contribution in [2.45, 2.75) is 32.8 Å². The predicted molar refractivity (Wildman–Crippen MR) is 118 cm³/mol. The standard InChI is InChI=1S/C22H27N7O2/c1-14-24-19(10-20(25-14)29-9-8-16(13-29)22(2,3)31)27-21(30)18-7-5-6-17(26-18)15-11-23-28(4)12-15/h5-7,10-12,16,31H,8-9,13H2,1-4H3,(H,24,25,27,30)/t16-/m1/s1. The van der Waals surface area contributed by atoms with Gasteiger partial charge in [-0.15, -0.1) is 0 Å². The van der Waals surface area contributed by atoms with Crippen LogP contribution in [0.5, 0.6) is 0 Å². The van der Waals surface area contributed by atoms with E-state index in [1.165, 1.54) is 0 Å². The molecule has 0 aliphatic carbocycles. The molecule has 31 heavy (non-hydrogen) atoms. The number of hydrogen-bond acceptors (Lipinski definition) is 7. The lowest BCUT2D eigenvalue weighted by molar-refractivity contribution is 0.0263. The molecular weight excluding hydrogens is 394 g/mol. The van der Waals surface area contributed by atoms with Crippen LogP contribution in [0.2, 0.25) is 0 Å². The van der Waals surface area contributed by atoms with Crippen molar-refractivity contribution in [2.24, 2.45) is 13.0 Å². The maximum Gasteiger partial charge on any atom is 0.275 e. The van der Waals surface area contributed by atoms with Gasteiger partial charge >= 0.3 is 0 Å². The van der Waals surface area contributed by atoms with Crippen molar-refractivity contribution >= 4 is 17.5 Å². The number of anilines is 2. The first-order chi connectivity index (χ1) is 14.7. The van der Waals surface area contributed by atoms with E-state index in [1.807, 2.05) is 33.2 Å². The molecule has 0 radical (unpaired) electrons. The van der Waals surface area contributed by atoms with E-state index in [1.54, 1.807) is 36.0 Å². The average molecular weight is 422 g/mol. The largest absolute Gasteiger partial charge is 0.390 e. The molecule has 4 rings (SSSR count). The van der Waals surface area contributed by atoms with Crippen LogP contribution in [-0.2, 0) is 7.05 Å². The molecule has 4 heterocycles. The third kappa shape index (κ3) is 4.72. The number of amides is 1. The molecule has 3 aromatic rings. The van der Waals surface area contributed by atoms with E-state index in [-0.39, 0.29) is 11.8 Å². The minimum Gasteiger partial charge on any atom is -0.390 e. The zero-order chi connectivity index (χ0) is 22.2. The smallest absolute Gasteiger partial charge is 0.275 e. The number of carbonyl (C=O) groups excluding carboxylic acids is 1. The van der Waals surface area contributed by atoms with Crippen LogP contribution >= 0.6 is 0 Å². The van der Waals surface area contributed by atoms with Gasteiger partial charge in [0.05, 0.1) is 17.5 Å². The first-order valence-electron chi connectivity index (χ1n) is 10.3. The van der Waals surface area contributed by atoms with E-state index in [2.05, 4.69) is 30.3 Å². The lowest BCUT2D eigenvalue weighted by Crippen LogP contribution is -2.33. The normalized spacial score (nSPS) is 16.5. The van der Waals surface area contributed by atoms with Crippen LogP contribution < -0.4 is 10.2 Å². The molecule has 1 fully saturated rings. The fourth-order valence-corrected chi connectivity index (χ4v) is 3.78. The van der Waals surface area contributed by atoms with Gasteiger partial charge in [-0.05, 0) is 39.3 Å². The first kappa shape index (κ1) is 20.9. The van der Waals surface area contributed by atoms with Crippen molar-refractivity contribution in [3.05, 3.63) is 48.2 Å². The van der Waals surface area contributed by atoms with Crippen molar-refractivity contribution < 1.29 is 9.90 Å². The molecule has 1 atom stereocenters. The van der Waals surface area contributed by atoms with Crippen molar-refractivity contribution in [3.63, 3.8) is 0 Å². The Bertz CT molecular complexity index is 1100. The summed E-state index contributed by atoms with van der Waals surface area (Å²) in [6.45, 7) is 6.98. The Hall–Kier alpha value is -3.33. The Morgan fingerprint density at radius 1 is 1.26 bits per heavy atom. The molecule has 0 spiro atoms. The molecule has 1 saturated heterocycles. The van der Waals surface area contributed by atoms with Crippen LogP contribution in [0.25, 0.3) is 11.3 Å². The second kappa shape index (κ2) is 8.07. The number of nitrogens with one attached hydrogen (secondary N) is 1. The van der Waals surface area contributed by atoms with E-state index < -0.39 is 5.60 Å². The van der Waals surface area contributed by atoms with E-state index in [0.717, 1.165) is 24.3 Å². The number of aliphatic hydroxyl groups is 1. The van der Waals surface area contributed by atoms with Gasteiger partial charge < -0.3 is 15.3 Å². The Morgan fingerprint density at radius 3 is 2.74 bits per heavy atom. The molecule has 162 valence electrons. The molecule has 9 heteroatoms. The van der Waals surface area contributed by atoms with Crippen LogP contribution in [-0.4, -0.2) is 54.4 Å². The molecule has 0 bridgehead atoms. The Balaban J connectivity index is 1.52. The fourth-order valence-electron chi connectivity index (χ4n) is 3.78. The predicted octanol–water partition coefficient (Wildman–Crippen LogP) is 2.43. The first-order valence-corrected chi connectivity index (χ1v) is 10.3. The van der Waals surface area contributed by atoms with E-state index in [0.29, 0.717) is 29.6 Å². The highest BCUT2D eigenvalue weighted by atomic mass is 16.3. The minimum atomic E-state index is -0.737. The monoisotopic (exact) mass is 421 g/mol. The third-order valence-electron chi connectivity index (χ3n) is 5.56. The van der Waals surface area contributed by atoms with Gasteiger partial charge in [0.15, 0.2) is 0 Å². The summed E-state index contributed by atoms with van der Waals surface area (Å²) in [6.07, 6.45) is 4.45. The van der Waals surface area contributed by atoms with Gasteiger partial charge in [0, 0.05) is 43.9 Å². The van der Waals surface area contributed by atoms with Gasteiger partial charge in [-0.1, -0.05) is 6.07 Å². The number of nitrogens with zero attached hydrogens (tertiary/aromatic N) is 6. The number of aryl methyl sites for hydroxylation is 2. The second-order valence-electron chi connectivity index (χ2n) is 8.51. The number of aromatic nitrogens is 5. The summed E-state index contributed by atoms with van der Waals surface area (Å²) < 4.78 is 1.69. The summed E-state index contributed by atoms with van der Waals surface area (Å²) in [7, 11) is 1.83. The zero-order valence-electron chi connectivity index (χ0n) is 18.2. The van der Waals surface area contributed by atoms with E-state index in [9.17, 15) is 9.90 Å². The molecule has 2 N–H and O–H groups in total. The summed E-state index contributed by atoms with van der Waals surface area (Å²) in [6, 6.07) is 7.07. The van der Waals surface area contributed by atoms with Crippen LogP contribution in [0.1, 0.15) is 36.6 Å². The van der Waals surface area contributed by atoms with Crippen molar-refractivity contribution in [3.8, 4) is 11.3 Å².